The lowest BCUT2D eigenvalue weighted by atomic mass is 9.97. The molecule has 18 heavy (non-hydrogen) atoms. The molecule has 0 radical (unpaired) electrons. The van der Waals surface area contributed by atoms with Gasteiger partial charge in [0.05, 0.1) is 12.2 Å². The fraction of sp³-hybridized carbons (Fsp3) is 0.786. The van der Waals surface area contributed by atoms with Gasteiger partial charge in [-0.3, -0.25) is 4.90 Å². The standard InChI is InChI=1S/C14H25N3S/c1-5-10(2)13-8-17(7-6-15-13)9-14-16-11(3)12(4)18-14/h10,13,15H,5-9H2,1-4H3. The van der Waals surface area contributed by atoms with Gasteiger partial charge in [0.2, 0.25) is 0 Å². The predicted molar refractivity (Wildman–Crippen MR) is 78.1 cm³/mol. The monoisotopic (exact) mass is 267 g/mol. The van der Waals surface area contributed by atoms with Crippen molar-refractivity contribution in [3.8, 4) is 0 Å². The van der Waals surface area contributed by atoms with Crippen molar-refractivity contribution in [2.75, 3.05) is 19.6 Å². The van der Waals surface area contributed by atoms with Crippen LogP contribution in [0.2, 0.25) is 0 Å². The van der Waals surface area contributed by atoms with Crippen LogP contribution in [0, 0.1) is 19.8 Å². The third kappa shape index (κ3) is 3.31. The highest BCUT2D eigenvalue weighted by Gasteiger charge is 2.23. The lowest BCUT2D eigenvalue weighted by molar-refractivity contribution is 0.162. The lowest BCUT2D eigenvalue weighted by Crippen LogP contribution is -2.52. The molecule has 2 atom stereocenters. The molecule has 0 aromatic carbocycles. The average molecular weight is 267 g/mol. The highest BCUT2D eigenvalue weighted by molar-refractivity contribution is 7.11. The van der Waals surface area contributed by atoms with Gasteiger partial charge >= 0.3 is 0 Å². The van der Waals surface area contributed by atoms with Crippen molar-refractivity contribution >= 4 is 11.3 Å². The van der Waals surface area contributed by atoms with E-state index in [4.69, 9.17) is 0 Å². The Morgan fingerprint density at radius 2 is 2.28 bits per heavy atom. The summed E-state index contributed by atoms with van der Waals surface area (Å²) in [5.74, 6) is 0.757. The van der Waals surface area contributed by atoms with Gasteiger partial charge in [-0.2, -0.15) is 0 Å². The molecule has 2 rings (SSSR count). The van der Waals surface area contributed by atoms with Crippen LogP contribution in [0.1, 0.15) is 35.8 Å². The number of hydrogen-bond donors (Lipinski definition) is 1. The van der Waals surface area contributed by atoms with E-state index < -0.39 is 0 Å². The van der Waals surface area contributed by atoms with E-state index in [1.807, 2.05) is 11.3 Å². The molecule has 0 spiro atoms. The van der Waals surface area contributed by atoms with Gasteiger partial charge in [-0.1, -0.05) is 20.3 Å². The van der Waals surface area contributed by atoms with Crippen LogP contribution in [0.3, 0.4) is 0 Å². The first-order chi connectivity index (χ1) is 8.60. The molecule has 2 unspecified atom stereocenters. The summed E-state index contributed by atoms with van der Waals surface area (Å²) in [6.07, 6.45) is 1.25. The number of aryl methyl sites for hydroxylation is 2. The molecule has 1 aromatic rings. The molecular formula is C14H25N3S. The van der Waals surface area contributed by atoms with Crippen LogP contribution in [0.5, 0.6) is 0 Å². The van der Waals surface area contributed by atoms with Gasteiger partial charge in [0, 0.05) is 30.6 Å². The van der Waals surface area contributed by atoms with Crippen molar-refractivity contribution in [1.29, 1.82) is 0 Å². The van der Waals surface area contributed by atoms with Crippen molar-refractivity contribution in [3.05, 3.63) is 15.6 Å². The maximum Gasteiger partial charge on any atom is 0.107 e. The molecule has 1 aromatic heterocycles. The first-order valence-corrected chi connectivity index (χ1v) is 7.80. The molecule has 0 amide bonds. The van der Waals surface area contributed by atoms with Gasteiger partial charge in [-0.25, -0.2) is 4.98 Å². The molecule has 0 bridgehead atoms. The van der Waals surface area contributed by atoms with E-state index in [-0.39, 0.29) is 0 Å². The van der Waals surface area contributed by atoms with Crippen molar-refractivity contribution < 1.29 is 0 Å². The average Bonchev–Trinajstić information content (AvgIpc) is 2.67. The Bertz CT molecular complexity index is 369. The first kappa shape index (κ1) is 14.0. The van der Waals surface area contributed by atoms with Crippen molar-refractivity contribution in [1.82, 2.24) is 15.2 Å². The van der Waals surface area contributed by atoms with Crippen molar-refractivity contribution in [2.24, 2.45) is 5.92 Å². The number of rotatable bonds is 4. The van der Waals surface area contributed by atoms with Crippen LogP contribution >= 0.6 is 11.3 Å². The molecule has 102 valence electrons. The van der Waals surface area contributed by atoms with Gasteiger partial charge in [-0.05, 0) is 19.8 Å². The van der Waals surface area contributed by atoms with Crippen LogP contribution < -0.4 is 5.32 Å². The summed E-state index contributed by atoms with van der Waals surface area (Å²) in [6.45, 7) is 13.3. The molecule has 3 nitrogen and oxygen atoms in total. The van der Waals surface area contributed by atoms with Gasteiger partial charge < -0.3 is 5.32 Å². The zero-order valence-electron chi connectivity index (χ0n) is 12.0. The van der Waals surface area contributed by atoms with E-state index in [2.05, 4.69) is 42.9 Å². The minimum Gasteiger partial charge on any atom is -0.311 e. The van der Waals surface area contributed by atoms with E-state index in [1.54, 1.807) is 0 Å². The number of hydrogen-bond acceptors (Lipinski definition) is 4. The van der Waals surface area contributed by atoms with E-state index >= 15 is 0 Å². The summed E-state index contributed by atoms with van der Waals surface area (Å²) in [4.78, 5) is 8.56. The molecule has 2 heterocycles. The Morgan fingerprint density at radius 1 is 1.50 bits per heavy atom. The minimum absolute atomic E-state index is 0.644. The Kier molecular flexibility index (Phi) is 4.76. The Morgan fingerprint density at radius 3 is 2.89 bits per heavy atom. The van der Waals surface area contributed by atoms with Gasteiger partial charge in [0.15, 0.2) is 0 Å². The summed E-state index contributed by atoms with van der Waals surface area (Å²) in [6, 6.07) is 0.644. The smallest absolute Gasteiger partial charge is 0.107 e. The number of nitrogens with one attached hydrogen (secondary N) is 1. The van der Waals surface area contributed by atoms with Crippen molar-refractivity contribution in [3.63, 3.8) is 0 Å². The Labute approximate surface area is 115 Å². The zero-order valence-corrected chi connectivity index (χ0v) is 12.8. The van der Waals surface area contributed by atoms with Gasteiger partial charge in [0.25, 0.3) is 0 Å². The number of nitrogens with zero attached hydrogens (tertiary/aromatic N) is 2. The number of piperazine rings is 1. The molecule has 0 aliphatic carbocycles. The summed E-state index contributed by atoms with van der Waals surface area (Å²) in [7, 11) is 0. The third-order valence-electron chi connectivity index (χ3n) is 4.05. The predicted octanol–water partition coefficient (Wildman–Crippen LogP) is 2.58. The zero-order chi connectivity index (χ0) is 13.1. The fourth-order valence-corrected chi connectivity index (χ4v) is 3.43. The van der Waals surface area contributed by atoms with Crippen LogP contribution in [0.4, 0.5) is 0 Å². The Hall–Kier alpha value is -0.450. The molecular weight excluding hydrogens is 242 g/mol. The maximum atomic E-state index is 4.65. The topological polar surface area (TPSA) is 28.2 Å². The molecule has 1 aliphatic rings. The van der Waals surface area contributed by atoms with E-state index in [9.17, 15) is 0 Å². The summed E-state index contributed by atoms with van der Waals surface area (Å²) < 4.78 is 0. The Balaban J connectivity index is 1.93. The largest absolute Gasteiger partial charge is 0.311 e. The van der Waals surface area contributed by atoms with Crippen LogP contribution in [-0.2, 0) is 6.54 Å². The summed E-state index contributed by atoms with van der Waals surface area (Å²) >= 11 is 1.85. The first-order valence-electron chi connectivity index (χ1n) is 6.98. The molecule has 1 fully saturated rings. The minimum atomic E-state index is 0.644. The second-order valence-corrected chi connectivity index (χ2v) is 6.72. The molecule has 4 heteroatoms. The number of thiazole rings is 1. The van der Waals surface area contributed by atoms with Gasteiger partial charge in [0.1, 0.15) is 5.01 Å². The van der Waals surface area contributed by atoms with Crippen LogP contribution in [-0.4, -0.2) is 35.6 Å². The molecule has 1 aliphatic heterocycles. The van der Waals surface area contributed by atoms with Crippen LogP contribution in [0.25, 0.3) is 0 Å². The van der Waals surface area contributed by atoms with E-state index in [1.165, 1.54) is 22.0 Å². The maximum absolute atomic E-state index is 4.65. The highest BCUT2D eigenvalue weighted by atomic mass is 32.1. The summed E-state index contributed by atoms with van der Waals surface area (Å²) in [5.41, 5.74) is 1.20. The molecule has 1 N–H and O–H groups in total. The lowest BCUT2D eigenvalue weighted by Gasteiger charge is -2.36. The third-order valence-corrected chi connectivity index (χ3v) is 5.11. The van der Waals surface area contributed by atoms with Gasteiger partial charge in [-0.15, -0.1) is 11.3 Å². The normalized spacial score (nSPS) is 23.2. The second kappa shape index (κ2) is 6.13. The second-order valence-electron chi connectivity index (χ2n) is 5.43. The van der Waals surface area contributed by atoms with Crippen LogP contribution in [0.15, 0.2) is 0 Å². The molecule has 0 saturated carbocycles. The quantitative estimate of drug-likeness (QED) is 0.909. The summed E-state index contributed by atoms with van der Waals surface area (Å²) in [5, 5.41) is 4.92. The van der Waals surface area contributed by atoms with E-state index in [0.717, 1.165) is 32.1 Å². The highest BCUT2D eigenvalue weighted by Crippen LogP contribution is 2.20. The SMILES string of the molecule is CCC(C)C1CN(Cc2nc(C)c(C)s2)CCN1. The number of aromatic nitrogens is 1. The molecule has 1 saturated heterocycles. The van der Waals surface area contributed by atoms with Crippen molar-refractivity contribution in [2.45, 2.75) is 46.7 Å². The van der Waals surface area contributed by atoms with E-state index in [0.29, 0.717) is 6.04 Å². The fourth-order valence-electron chi connectivity index (χ4n) is 2.45.